The van der Waals surface area contributed by atoms with Crippen molar-refractivity contribution in [1.82, 2.24) is 14.8 Å². The molecule has 0 bridgehead atoms. The number of nitrogens with zero attached hydrogens (tertiary/aromatic N) is 2. The first-order chi connectivity index (χ1) is 13.1. The molecule has 0 radical (unpaired) electrons. The van der Waals surface area contributed by atoms with E-state index >= 15 is 0 Å². The largest absolute Gasteiger partial charge is 0.483 e. The first-order valence-corrected chi connectivity index (χ1v) is 9.86. The molecule has 1 aliphatic rings. The molecule has 1 N–H and O–H groups in total. The van der Waals surface area contributed by atoms with E-state index in [1.54, 1.807) is 11.6 Å². The smallest absolute Gasteiger partial charge is 0.257 e. The molecule has 0 unspecified atom stereocenters. The van der Waals surface area contributed by atoms with Gasteiger partial charge in [0.1, 0.15) is 5.75 Å². The fraction of sp³-hybridized carbons (Fsp3) is 0.524. The van der Waals surface area contributed by atoms with Crippen LogP contribution < -0.4 is 15.6 Å². The number of ether oxygens (including phenoxy) is 1. The van der Waals surface area contributed by atoms with Crippen molar-refractivity contribution in [3.05, 3.63) is 40.7 Å². The second kappa shape index (κ2) is 9.55. The summed E-state index contributed by atoms with van der Waals surface area (Å²) in [6, 6.07) is 8.97. The number of fused-ring (bicyclic) bond motifs is 1. The van der Waals surface area contributed by atoms with E-state index in [4.69, 9.17) is 4.74 Å². The van der Waals surface area contributed by atoms with Gasteiger partial charge in [0.05, 0.1) is 5.52 Å². The summed E-state index contributed by atoms with van der Waals surface area (Å²) in [7, 11) is 1.73. The molecule has 0 aliphatic carbocycles. The van der Waals surface area contributed by atoms with Crippen molar-refractivity contribution >= 4 is 16.8 Å². The monoisotopic (exact) mass is 371 g/mol. The Hall–Kier alpha value is -2.34. The van der Waals surface area contributed by atoms with E-state index in [1.165, 1.54) is 44.8 Å². The Morgan fingerprint density at radius 2 is 1.89 bits per heavy atom. The second-order valence-corrected chi connectivity index (χ2v) is 7.17. The van der Waals surface area contributed by atoms with E-state index < -0.39 is 0 Å². The van der Waals surface area contributed by atoms with Crippen molar-refractivity contribution in [3.63, 3.8) is 0 Å². The summed E-state index contributed by atoms with van der Waals surface area (Å²) in [6.07, 6.45) is 6.18. The molecule has 1 fully saturated rings. The zero-order chi connectivity index (χ0) is 19.1. The van der Waals surface area contributed by atoms with Gasteiger partial charge in [-0.3, -0.25) is 9.59 Å². The molecule has 0 atom stereocenters. The maximum absolute atomic E-state index is 12.1. The van der Waals surface area contributed by atoms with Gasteiger partial charge in [-0.25, -0.2) is 0 Å². The number of hydrogen-bond donors (Lipinski definition) is 1. The predicted molar refractivity (Wildman–Crippen MR) is 107 cm³/mol. The van der Waals surface area contributed by atoms with Gasteiger partial charge in [0.25, 0.3) is 11.5 Å². The van der Waals surface area contributed by atoms with E-state index in [0.29, 0.717) is 12.3 Å². The van der Waals surface area contributed by atoms with Gasteiger partial charge in [0, 0.05) is 25.0 Å². The lowest BCUT2D eigenvalue weighted by Crippen LogP contribution is -2.33. The van der Waals surface area contributed by atoms with Crippen LogP contribution in [0.2, 0.25) is 0 Å². The summed E-state index contributed by atoms with van der Waals surface area (Å²) >= 11 is 0. The number of carbonyl (C=O) groups is 1. The number of likely N-dealkylation sites (tertiary alicyclic amines) is 1. The molecule has 146 valence electrons. The molecule has 0 saturated carbocycles. The molecule has 6 nitrogen and oxygen atoms in total. The summed E-state index contributed by atoms with van der Waals surface area (Å²) < 4.78 is 7.22. The van der Waals surface area contributed by atoms with Crippen molar-refractivity contribution in [2.75, 3.05) is 32.8 Å². The molecule has 3 rings (SSSR count). The van der Waals surface area contributed by atoms with Gasteiger partial charge in [-0.15, -0.1) is 0 Å². The molecule has 2 aromatic rings. The predicted octanol–water partition coefficient (Wildman–Crippen LogP) is 2.30. The third kappa shape index (κ3) is 5.32. The van der Waals surface area contributed by atoms with Crippen LogP contribution in [0.25, 0.3) is 10.9 Å². The first-order valence-electron chi connectivity index (χ1n) is 9.86. The molecule has 6 heteroatoms. The number of carbonyl (C=O) groups excluding carboxylic acids is 1. The summed E-state index contributed by atoms with van der Waals surface area (Å²) in [4.78, 5) is 26.6. The van der Waals surface area contributed by atoms with E-state index in [2.05, 4.69) is 10.2 Å². The SMILES string of the molecule is Cn1c(=O)cc(OCC(=O)NCCCN2CCCCCC2)c2ccccc21. The van der Waals surface area contributed by atoms with Crippen LogP contribution >= 0.6 is 0 Å². The van der Waals surface area contributed by atoms with Gasteiger partial charge in [-0.1, -0.05) is 25.0 Å². The lowest BCUT2D eigenvalue weighted by atomic mass is 10.2. The molecule has 1 amide bonds. The summed E-state index contributed by atoms with van der Waals surface area (Å²) in [6.45, 7) is 3.94. The lowest BCUT2D eigenvalue weighted by molar-refractivity contribution is -0.123. The van der Waals surface area contributed by atoms with Crippen LogP contribution in [0.3, 0.4) is 0 Å². The van der Waals surface area contributed by atoms with Gasteiger partial charge < -0.3 is 19.5 Å². The van der Waals surface area contributed by atoms with Crippen LogP contribution in [0.1, 0.15) is 32.1 Å². The van der Waals surface area contributed by atoms with E-state index in [0.717, 1.165) is 23.9 Å². The quantitative estimate of drug-likeness (QED) is 0.759. The van der Waals surface area contributed by atoms with E-state index in [9.17, 15) is 9.59 Å². The van der Waals surface area contributed by atoms with Gasteiger partial charge in [0.2, 0.25) is 0 Å². The number of rotatable bonds is 7. The fourth-order valence-electron chi connectivity index (χ4n) is 3.58. The average molecular weight is 371 g/mol. The molecular formula is C21H29N3O3. The molecule has 1 aliphatic heterocycles. The minimum absolute atomic E-state index is 0.0825. The van der Waals surface area contributed by atoms with E-state index in [-0.39, 0.29) is 18.1 Å². The fourth-order valence-corrected chi connectivity index (χ4v) is 3.58. The minimum atomic E-state index is -0.157. The highest BCUT2D eigenvalue weighted by molar-refractivity contribution is 5.86. The molecule has 1 aromatic carbocycles. The Balaban J connectivity index is 1.46. The highest BCUT2D eigenvalue weighted by Gasteiger charge is 2.10. The number of amides is 1. The summed E-state index contributed by atoms with van der Waals surface area (Å²) in [5.74, 6) is 0.295. The third-order valence-electron chi connectivity index (χ3n) is 5.15. The Bertz CT molecular complexity index is 823. The van der Waals surface area contributed by atoms with Crippen molar-refractivity contribution in [2.45, 2.75) is 32.1 Å². The van der Waals surface area contributed by atoms with Crippen molar-refractivity contribution in [3.8, 4) is 5.75 Å². The molecular weight excluding hydrogens is 342 g/mol. The topological polar surface area (TPSA) is 63.6 Å². The highest BCUT2D eigenvalue weighted by Crippen LogP contribution is 2.22. The molecule has 1 aromatic heterocycles. The molecule has 1 saturated heterocycles. The van der Waals surface area contributed by atoms with Crippen LogP contribution in [0.15, 0.2) is 35.1 Å². The Morgan fingerprint density at radius 1 is 1.15 bits per heavy atom. The maximum atomic E-state index is 12.1. The molecule has 2 heterocycles. The molecule has 27 heavy (non-hydrogen) atoms. The van der Waals surface area contributed by atoms with Crippen LogP contribution in [-0.4, -0.2) is 48.2 Å². The Morgan fingerprint density at radius 3 is 2.67 bits per heavy atom. The number of benzene rings is 1. The Labute approximate surface area is 160 Å². The van der Waals surface area contributed by atoms with Crippen LogP contribution in [0, 0.1) is 0 Å². The lowest BCUT2D eigenvalue weighted by Gasteiger charge is -2.19. The van der Waals surface area contributed by atoms with Crippen LogP contribution in [0.5, 0.6) is 5.75 Å². The number of aromatic nitrogens is 1. The summed E-state index contributed by atoms with van der Waals surface area (Å²) in [5.41, 5.74) is 0.638. The minimum Gasteiger partial charge on any atom is -0.483 e. The van der Waals surface area contributed by atoms with E-state index in [1.807, 2.05) is 24.3 Å². The zero-order valence-electron chi connectivity index (χ0n) is 16.1. The first kappa shape index (κ1) is 19.4. The number of nitrogens with one attached hydrogen (secondary N) is 1. The standard InChI is InChI=1S/C21H29N3O3/c1-23-18-10-5-4-9-17(18)19(15-21(23)26)27-16-20(25)22-11-8-14-24-12-6-2-3-7-13-24/h4-5,9-10,15H,2-3,6-8,11-14,16H2,1H3,(H,22,25). The van der Waals surface area contributed by atoms with Gasteiger partial charge in [-0.2, -0.15) is 0 Å². The highest BCUT2D eigenvalue weighted by atomic mass is 16.5. The van der Waals surface area contributed by atoms with Crippen molar-refractivity contribution in [2.24, 2.45) is 7.05 Å². The Kier molecular flexibility index (Phi) is 6.87. The summed E-state index contributed by atoms with van der Waals surface area (Å²) in [5, 5.41) is 3.74. The zero-order valence-corrected chi connectivity index (χ0v) is 16.1. The number of para-hydroxylation sites is 1. The molecule has 0 spiro atoms. The second-order valence-electron chi connectivity index (χ2n) is 7.17. The van der Waals surface area contributed by atoms with Gasteiger partial charge in [-0.05, 0) is 51.0 Å². The van der Waals surface area contributed by atoms with Gasteiger partial charge >= 0.3 is 0 Å². The average Bonchev–Trinajstić information content (AvgIpc) is 2.96. The van der Waals surface area contributed by atoms with Crippen molar-refractivity contribution in [1.29, 1.82) is 0 Å². The van der Waals surface area contributed by atoms with Crippen molar-refractivity contribution < 1.29 is 9.53 Å². The third-order valence-corrected chi connectivity index (χ3v) is 5.15. The van der Waals surface area contributed by atoms with Crippen LogP contribution in [-0.2, 0) is 11.8 Å². The normalized spacial score (nSPS) is 15.4. The maximum Gasteiger partial charge on any atom is 0.257 e. The number of aryl methyl sites for hydroxylation is 1. The number of hydrogen-bond acceptors (Lipinski definition) is 4. The number of pyridine rings is 1. The van der Waals surface area contributed by atoms with Crippen LogP contribution in [0.4, 0.5) is 0 Å². The van der Waals surface area contributed by atoms with Gasteiger partial charge in [0.15, 0.2) is 6.61 Å².